The van der Waals surface area contributed by atoms with Crippen molar-refractivity contribution in [2.75, 3.05) is 5.32 Å². The van der Waals surface area contributed by atoms with E-state index in [1.165, 1.54) is 99.9 Å². The first kappa shape index (κ1) is 29.9. The number of anilines is 2. The minimum atomic E-state index is -0.157. The van der Waals surface area contributed by atoms with Crippen LogP contribution in [0.1, 0.15) is 72.6 Å². The van der Waals surface area contributed by atoms with E-state index in [1.54, 1.807) is 0 Å². The lowest BCUT2D eigenvalue weighted by atomic mass is 9.57. The van der Waals surface area contributed by atoms with Gasteiger partial charge < -0.3 is 9.88 Å². The van der Waals surface area contributed by atoms with Gasteiger partial charge in [0, 0.05) is 50.0 Å². The molecular weight excluding hydrogens is 627 g/mol. The van der Waals surface area contributed by atoms with E-state index >= 15 is 0 Å². The number of hydrogen-bond donors (Lipinski definition) is 1. The fourth-order valence-electron chi connectivity index (χ4n) is 10.1. The molecule has 3 aliphatic rings. The molecule has 1 aromatic heterocycles. The van der Waals surface area contributed by atoms with Crippen LogP contribution in [0, 0.1) is 0 Å². The summed E-state index contributed by atoms with van der Waals surface area (Å²) in [6.07, 6.45) is 0. The first-order valence-electron chi connectivity index (χ1n) is 18.6. The number of hydrogen-bond acceptors (Lipinski definition) is 1. The van der Waals surface area contributed by atoms with E-state index < -0.39 is 0 Å². The fourth-order valence-corrected chi connectivity index (χ4v) is 10.1. The van der Waals surface area contributed by atoms with Crippen molar-refractivity contribution in [3.05, 3.63) is 185 Å². The van der Waals surface area contributed by atoms with Crippen LogP contribution in [0.5, 0.6) is 0 Å². The maximum absolute atomic E-state index is 3.96. The lowest BCUT2D eigenvalue weighted by molar-refractivity contribution is 0.631. The zero-order valence-electron chi connectivity index (χ0n) is 30.0. The maximum Gasteiger partial charge on any atom is 0.197 e. The highest BCUT2D eigenvalue weighted by molar-refractivity contribution is 6.73. The molecule has 0 spiro atoms. The van der Waals surface area contributed by atoms with Gasteiger partial charge >= 0.3 is 0 Å². The van der Waals surface area contributed by atoms with Crippen molar-refractivity contribution in [2.45, 2.75) is 44.4 Å². The van der Waals surface area contributed by atoms with E-state index in [-0.39, 0.29) is 16.7 Å². The molecule has 0 saturated heterocycles. The molecule has 3 heteroatoms. The number of rotatable bonds is 4. The quantitative estimate of drug-likeness (QED) is 0.146. The summed E-state index contributed by atoms with van der Waals surface area (Å²) in [5.74, 6) is 0.0352. The predicted molar refractivity (Wildman–Crippen MR) is 219 cm³/mol. The summed E-state index contributed by atoms with van der Waals surface area (Å²) < 4.78 is 2.65. The average molecular weight is 666 g/mol. The number of benzene rings is 7. The van der Waals surface area contributed by atoms with Gasteiger partial charge in [-0.25, -0.2) is 0 Å². The number of fused-ring (bicyclic) bond motifs is 3. The van der Waals surface area contributed by atoms with E-state index in [9.17, 15) is 0 Å². The molecular formula is C49H38BN2. The van der Waals surface area contributed by atoms with E-state index in [4.69, 9.17) is 0 Å². The van der Waals surface area contributed by atoms with Gasteiger partial charge in [-0.15, -0.1) is 0 Å². The highest BCUT2D eigenvalue weighted by atomic mass is 15.0. The van der Waals surface area contributed by atoms with Crippen molar-refractivity contribution in [1.29, 1.82) is 0 Å². The van der Waals surface area contributed by atoms with Crippen molar-refractivity contribution < 1.29 is 0 Å². The van der Waals surface area contributed by atoms with Gasteiger partial charge in [-0.2, -0.15) is 0 Å². The Morgan fingerprint density at radius 1 is 0.558 bits per heavy atom. The van der Waals surface area contributed by atoms with Gasteiger partial charge in [0.25, 0.3) is 0 Å². The number of para-hydroxylation sites is 4. The second kappa shape index (κ2) is 10.4. The molecule has 0 fully saturated rings. The highest BCUT2D eigenvalue weighted by Crippen LogP contribution is 2.53. The Labute approximate surface area is 306 Å². The number of aromatic nitrogens is 1. The van der Waals surface area contributed by atoms with Crippen LogP contribution < -0.4 is 16.2 Å². The molecule has 0 bridgehead atoms. The third-order valence-corrected chi connectivity index (χ3v) is 12.5. The number of nitrogens with zero attached hydrogens (tertiary/aromatic N) is 1. The summed E-state index contributed by atoms with van der Waals surface area (Å²) >= 11 is 0. The smallest absolute Gasteiger partial charge is 0.197 e. The molecule has 1 radical (unpaired) electrons. The minimum Gasteiger partial charge on any atom is -0.355 e. The molecule has 11 rings (SSSR count). The lowest BCUT2D eigenvalue weighted by Gasteiger charge is -2.38. The van der Waals surface area contributed by atoms with Gasteiger partial charge in [-0.1, -0.05) is 167 Å². The van der Waals surface area contributed by atoms with Crippen molar-refractivity contribution in [3.63, 3.8) is 0 Å². The normalized spacial score (nSPS) is 15.3. The molecule has 2 nitrogen and oxygen atoms in total. The Morgan fingerprint density at radius 2 is 1.17 bits per heavy atom. The van der Waals surface area contributed by atoms with Crippen LogP contribution in [-0.4, -0.2) is 11.8 Å². The molecule has 52 heavy (non-hydrogen) atoms. The van der Waals surface area contributed by atoms with Gasteiger partial charge in [-0.3, -0.25) is 0 Å². The largest absolute Gasteiger partial charge is 0.355 e. The zero-order chi connectivity index (χ0) is 34.9. The minimum absolute atomic E-state index is 0.0352. The molecule has 7 aromatic carbocycles. The maximum atomic E-state index is 3.96. The summed E-state index contributed by atoms with van der Waals surface area (Å²) in [4.78, 5) is 0. The summed E-state index contributed by atoms with van der Waals surface area (Å²) in [6.45, 7) is 9.54. The summed E-state index contributed by atoms with van der Waals surface area (Å²) in [6, 6.07) is 54.5. The highest BCUT2D eigenvalue weighted by Gasteiger charge is 2.41. The van der Waals surface area contributed by atoms with E-state index in [0.717, 1.165) is 0 Å². The summed E-state index contributed by atoms with van der Waals surface area (Å²) in [5.41, 5.74) is 20.5. The Morgan fingerprint density at radius 3 is 1.94 bits per heavy atom. The average Bonchev–Trinajstić information content (AvgIpc) is 3.52. The molecule has 0 atom stereocenters. The zero-order valence-corrected chi connectivity index (χ0v) is 30.0. The van der Waals surface area contributed by atoms with Crippen LogP contribution in [0.2, 0.25) is 0 Å². The number of nitrogens with one attached hydrogen (secondary N) is 1. The van der Waals surface area contributed by atoms with Gasteiger partial charge in [-0.05, 0) is 62.1 Å². The third-order valence-electron chi connectivity index (χ3n) is 12.5. The lowest BCUT2D eigenvalue weighted by Crippen LogP contribution is -2.41. The van der Waals surface area contributed by atoms with E-state index in [2.05, 4.69) is 190 Å². The van der Waals surface area contributed by atoms with Gasteiger partial charge in [0.2, 0.25) is 0 Å². The topological polar surface area (TPSA) is 17.0 Å². The standard InChI is InChI=1S/C49H38BN2/c1-48(2)35-22-11-12-27-40(35)51-44-31(20-13-23-36(44)48)33-28-34(41(29-16-7-5-8-17-29)30-18-9-6-10-19-30)42-32-21-14-24-37-45(32)52-46-38(49(37,3)4)25-15-26-39(46)50-43(33)47(42)52/h5-28,41,51H,1-4H3. The molecule has 247 valence electrons. The predicted octanol–water partition coefficient (Wildman–Crippen LogP) is 10.6. The van der Waals surface area contributed by atoms with Crippen molar-refractivity contribution in [1.82, 2.24) is 4.57 Å². The molecule has 1 N–H and O–H groups in total. The van der Waals surface area contributed by atoms with E-state index in [0.29, 0.717) is 0 Å². The van der Waals surface area contributed by atoms with Crippen LogP contribution in [0.15, 0.2) is 146 Å². The van der Waals surface area contributed by atoms with Crippen molar-refractivity contribution in [2.24, 2.45) is 0 Å². The van der Waals surface area contributed by atoms with Crippen LogP contribution in [0.4, 0.5) is 11.4 Å². The summed E-state index contributed by atoms with van der Waals surface area (Å²) in [7, 11) is 2.49. The van der Waals surface area contributed by atoms with Crippen LogP contribution in [0.25, 0.3) is 38.6 Å². The fraction of sp³-hybridized carbons (Fsp3) is 0.143. The van der Waals surface area contributed by atoms with Crippen LogP contribution in [-0.2, 0) is 10.8 Å². The SMILES string of the molecule is CC1(C)c2ccccc2Nc2c(-c3cc(C(c4ccccc4)c4ccccc4)c4c5cccc6c5n5c4c3[B]c3cccc(c3-5)C6(C)C)cccc21. The summed E-state index contributed by atoms with van der Waals surface area (Å²) in [5, 5.41) is 6.65. The molecule has 4 heterocycles. The van der Waals surface area contributed by atoms with Gasteiger partial charge in [0.15, 0.2) is 7.28 Å². The second-order valence-electron chi connectivity index (χ2n) is 16.0. The first-order chi connectivity index (χ1) is 25.3. The van der Waals surface area contributed by atoms with Gasteiger partial charge in [0.05, 0.1) is 11.2 Å². The first-order valence-corrected chi connectivity index (χ1v) is 18.6. The van der Waals surface area contributed by atoms with Crippen molar-refractivity contribution >= 4 is 51.4 Å². The van der Waals surface area contributed by atoms with Crippen molar-refractivity contribution in [3.8, 4) is 16.8 Å². The Balaban J connectivity index is 1.33. The Bertz CT molecular complexity index is 2750. The molecule has 3 aliphatic heterocycles. The van der Waals surface area contributed by atoms with Gasteiger partial charge in [0.1, 0.15) is 0 Å². The van der Waals surface area contributed by atoms with E-state index in [1.807, 2.05) is 0 Å². The molecule has 0 saturated carbocycles. The molecule has 0 aliphatic carbocycles. The molecule has 0 unspecified atom stereocenters. The van der Waals surface area contributed by atoms with Crippen LogP contribution >= 0.6 is 0 Å². The van der Waals surface area contributed by atoms with Crippen LogP contribution in [0.3, 0.4) is 0 Å². The Hall–Kier alpha value is -5.80. The Kier molecular flexibility index (Phi) is 5.97. The molecule has 8 aromatic rings. The molecule has 0 amide bonds. The third kappa shape index (κ3) is 3.81. The monoisotopic (exact) mass is 665 g/mol. The second-order valence-corrected chi connectivity index (χ2v) is 16.0.